The molecule has 160 valence electrons. The molecule has 1 aromatic carbocycles. The van der Waals surface area contributed by atoms with E-state index >= 15 is 0 Å². The number of fused-ring (bicyclic) bond motifs is 2. The average molecular weight is 567 g/mol. The van der Waals surface area contributed by atoms with E-state index in [-0.39, 0.29) is 0 Å². The summed E-state index contributed by atoms with van der Waals surface area (Å²) in [5.74, 6) is 0. The Balaban J connectivity index is 1.78. The Morgan fingerprint density at radius 1 is 0.867 bits per heavy atom. The fourth-order valence-electron chi connectivity index (χ4n) is 6.25. The molecule has 0 aromatic heterocycles. The molecule has 0 amide bonds. The molecule has 1 unspecified atom stereocenters. The van der Waals surface area contributed by atoms with Crippen LogP contribution in [0.1, 0.15) is 103 Å². The van der Waals surface area contributed by atoms with Crippen molar-refractivity contribution in [2.45, 2.75) is 100 Å². The zero-order valence-corrected chi connectivity index (χ0v) is 24.1. The molecular weight excluding hydrogens is 527 g/mol. The molecule has 1 heteroatoms. The maximum atomic E-state index is 2.69. The Morgan fingerprint density at radius 2 is 1.47 bits per heavy atom. The summed E-state index contributed by atoms with van der Waals surface area (Å²) in [6.07, 6.45) is 13.1. The van der Waals surface area contributed by atoms with Gasteiger partial charge in [-0.15, -0.1) is 0 Å². The number of benzene rings is 1. The van der Waals surface area contributed by atoms with Crippen LogP contribution in [0.5, 0.6) is 0 Å². The average Bonchev–Trinajstić information content (AvgIpc) is 3.22. The van der Waals surface area contributed by atoms with E-state index in [9.17, 15) is 0 Å². The molecule has 0 heterocycles. The topological polar surface area (TPSA) is 0 Å². The molecule has 1 atom stereocenters. The van der Waals surface area contributed by atoms with Gasteiger partial charge < -0.3 is 0 Å². The van der Waals surface area contributed by atoms with Crippen molar-refractivity contribution in [1.29, 1.82) is 0 Å². The van der Waals surface area contributed by atoms with Gasteiger partial charge in [0.05, 0.1) is 0 Å². The summed E-state index contributed by atoms with van der Waals surface area (Å²) >= 11 is -1.16. The van der Waals surface area contributed by atoms with Crippen LogP contribution in [0.4, 0.5) is 0 Å². The number of rotatable bonds is 6. The quantitative estimate of drug-likeness (QED) is 0.239. The van der Waals surface area contributed by atoms with Gasteiger partial charge in [-0.05, 0) is 0 Å². The molecule has 0 nitrogen and oxygen atoms in total. The number of allylic oxidation sites excluding steroid dienone is 5. The number of unbranched alkanes of at least 4 members (excludes halogenated alkanes) is 2. The zero-order valence-electron chi connectivity index (χ0n) is 20.6. The Bertz CT molecular complexity index is 944. The van der Waals surface area contributed by atoms with E-state index in [2.05, 4.69) is 79.7 Å². The third kappa shape index (κ3) is 3.52. The van der Waals surface area contributed by atoms with Crippen LogP contribution in [-0.4, -0.2) is 0 Å². The van der Waals surface area contributed by atoms with Crippen LogP contribution in [-0.2, 0) is 38.9 Å². The van der Waals surface area contributed by atoms with E-state index < -0.39 is 22.9 Å². The monoisotopic (exact) mass is 568 g/mol. The molecule has 3 aliphatic carbocycles. The fraction of sp³-hybridized carbons (Fsp3) is 0.586. The summed E-state index contributed by atoms with van der Waals surface area (Å²) in [5, 5.41) is 0. The molecule has 4 rings (SSSR count). The first-order valence-corrected chi connectivity index (χ1v) is 15.6. The van der Waals surface area contributed by atoms with Crippen LogP contribution in [0.3, 0.4) is 0 Å². The molecule has 0 saturated carbocycles. The Hall–Kier alpha value is -0.690. The summed E-state index contributed by atoms with van der Waals surface area (Å²) in [7, 11) is 0. The van der Waals surface area contributed by atoms with Gasteiger partial charge in [-0.1, -0.05) is 0 Å². The van der Waals surface area contributed by atoms with Crippen molar-refractivity contribution in [2.75, 3.05) is 0 Å². The zero-order chi connectivity index (χ0) is 21.9. The molecule has 3 aliphatic rings. The predicted molar refractivity (Wildman–Crippen MR) is 128 cm³/mol. The minimum absolute atomic E-state index is 0.366. The van der Waals surface area contributed by atoms with Crippen LogP contribution in [0.25, 0.3) is 6.08 Å². The van der Waals surface area contributed by atoms with Gasteiger partial charge in [0.2, 0.25) is 0 Å². The van der Waals surface area contributed by atoms with Gasteiger partial charge in [0.1, 0.15) is 0 Å². The van der Waals surface area contributed by atoms with Crippen LogP contribution >= 0.6 is 0 Å². The molecule has 30 heavy (non-hydrogen) atoms. The predicted octanol–water partition coefficient (Wildman–Crippen LogP) is 8.56. The number of hydrogen-bond acceptors (Lipinski definition) is 0. The van der Waals surface area contributed by atoms with Crippen molar-refractivity contribution in [3.05, 3.63) is 62.8 Å². The van der Waals surface area contributed by atoms with Gasteiger partial charge in [-0.2, -0.15) is 0 Å². The van der Waals surface area contributed by atoms with Gasteiger partial charge in [0.25, 0.3) is 0 Å². The second-order valence-electron chi connectivity index (χ2n) is 11.2. The first-order chi connectivity index (χ1) is 14.0. The summed E-state index contributed by atoms with van der Waals surface area (Å²) in [6.45, 7) is 19.4. The molecule has 0 radical (unpaired) electrons. The second kappa shape index (κ2) is 7.72. The van der Waals surface area contributed by atoms with Gasteiger partial charge >= 0.3 is 197 Å². The summed E-state index contributed by atoms with van der Waals surface area (Å²) in [6, 6.07) is 5.24. The fourth-order valence-corrected chi connectivity index (χ4v) is 15.1. The minimum atomic E-state index is -1.16. The van der Waals surface area contributed by atoms with E-state index in [4.69, 9.17) is 0 Å². The molecule has 1 aromatic rings. The SMILES string of the molecule is CCCCC[C]1([Hf][C]2(C)C(C)=C(C)C(C)=C2C)C=Cc2cc3c(cc21)CC(C)(C)C3. The van der Waals surface area contributed by atoms with E-state index in [1.807, 2.05) is 0 Å². The summed E-state index contributed by atoms with van der Waals surface area (Å²) in [4.78, 5) is 0. The van der Waals surface area contributed by atoms with Gasteiger partial charge in [0, 0.05) is 0 Å². The van der Waals surface area contributed by atoms with Crippen molar-refractivity contribution in [3.8, 4) is 0 Å². The van der Waals surface area contributed by atoms with E-state index in [1.165, 1.54) is 38.5 Å². The van der Waals surface area contributed by atoms with E-state index in [0.29, 0.717) is 11.8 Å². The normalized spacial score (nSPS) is 25.9. The summed E-state index contributed by atoms with van der Waals surface area (Å²) < 4.78 is 0.735. The molecule has 0 N–H and O–H groups in total. The third-order valence-corrected chi connectivity index (χ3v) is 17.1. The number of hydrogen-bond donors (Lipinski definition) is 0. The standard InChI is InChI=1S/C19H25.C10H15.Hf/c1-4-5-6-7-14-8-9-15-10-16-12-19(2,3)13-17(16)11-18(14)15;1-6-7(2)9(4)10(5)8(6)3;/h8-11H,4-7,12-13H2,1-3H3;1-5H3;. The van der Waals surface area contributed by atoms with Crippen LogP contribution < -0.4 is 0 Å². The van der Waals surface area contributed by atoms with E-state index in [1.54, 1.807) is 44.5 Å². The van der Waals surface area contributed by atoms with Gasteiger partial charge in [-0.25, -0.2) is 0 Å². The van der Waals surface area contributed by atoms with Crippen LogP contribution in [0, 0.1) is 5.41 Å². The Morgan fingerprint density at radius 3 is 2.07 bits per heavy atom. The first kappa shape index (κ1) is 22.5. The summed E-state index contributed by atoms with van der Waals surface area (Å²) in [5.41, 5.74) is 13.5. The Kier molecular flexibility index (Phi) is 5.79. The van der Waals surface area contributed by atoms with Crippen LogP contribution in [0.15, 0.2) is 40.5 Å². The maximum absolute atomic E-state index is 2.69. The van der Waals surface area contributed by atoms with Crippen molar-refractivity contribution in [1.82, 2.24) is 0 Å². The third-order valence-electron chi connectivity index (χ3n) is 8.57. The molecule has 0 bridgehead atoms. The molecular formula is C29H40Hf. The second-order valence-corrected chi connectivity index (χ2v) is 18.9. The first-order valence-electron chi connectivity index (χ1n) is 12.0. The van der Waals surface area contributed by atoms with Crippen LogP contribution in [0.2, 0.25) is 3.17 Å². The van der Waals surface area contributed by atoms with Gasteiger partial charge in [-0.3, -0.25) is 0 Å². The van der Waals surface area contributed by atoms with Crippen molar-refractivity contribution >= 4 is 6.08 Å². The van der Waals surface area contributed by atoms with Gasteiger partial charge in [0.15, 0.2) is 0 Å². The Labute approximate surface area is 196 Å². The van der Waals surface area contributed by atoms with Crippen molar-refractivity contribution in [2.24, 2.45) is 5.41 Å². The van der Waals surface area contributed by atoms with Crippen molar-refractivity contribution in [3.63, 3.8) is 0 Å². The van der Waals surface area contributed by atoms with E-state index in [0.717, 1.165) is 0 Å². The molecule has 0 saturated heterocycles. The van der Waals surface area contributed by atoms with Crippen molar-refractivity contribution < 1.29 is 22.9 Å². The molecule has 0 fully saturated rings. The molecule has 0 spiro atoms. The molecule has 0 aliphatic heterocycles.